The Morgan fingerprint density at radius 2 is 1.93 bits per heavy atom. The first-order valence-corrected chi connectivity index (χ1v) is 11.1. The fourth-order valence-corrected chi connectivity index (χ4v) is 4.33. The zero-order valence-electron chi connectivity index (χ0n) is 16.3. The van der Waals surface area contributed by atoms with Crippen LogP contribution in [0.5, 0.6) is 5.75 Å². The zero-order valence-corrected chi connectivity index (χ0v) is 17.9. The first kappa shape index (κ1) is 20.8. The Kier molecular flexibility index (Phi) is 6.67. The minimum Gasteiger partial charge on any atom is -0.489 e. The molecule has 3 aromatic rings. The van der Waals surface area contributed by atoms with Crippen molar-refractivity contribution in [1.29, 1.82) is 0 Å². The Morgan fingerprint density at radius 1 is 1.17 bits per heavy atom. The number of carbonyl (C=O) groups is 1. The molecule has 7 heteroatoms. The molecule has 156 valence electrons. The number of ether oxygens (including phenoxy) is 1. The molecule has 30 heavy (non-hydrogen) atoms. The van der Waals surface area contributed by atoms with E-state index in [1.165, 1.54) is 23.5 Å². The molecule has 0 radical (unpaired) electrons. The summed E-state index contributed by atoms with van der Waals surface area (Å²) in [5.74, 6) is 0.269. The average Bonchev–Trinajstić information content (AvgIpc) is 3.28. The molecular formula is C23H22ClFN2O2S. The van der Waals surface area contributed by atoms with Crippen molar-refractivity contribution in [2.75, 3.05) is 18.4 Å². The topological polar surface area (TPSA) is 41.6 Å². The summed E-state index contributed by atoms with van der Waals surface area (Å²) in [5, 5.41) is 5.19. The maximum Gasteiger partial charge on any atom is 0.265 e. The maximum atomic E-state index is 13.0. The van der Waals surface area contributed by atoms with E-state index < -0.39 is 0 Å². The van der Waals surface area contributed by atoms with Gasteiger partial charge in [-0.25, -0.2) is 4.39 Å². The van der Waals surface area contributed by atoms with Crippen LogP contribution in [0.3, 0.4) is 0 Å². The van der Waals surface area contributed by atoms with Gasteiger partial charge in [-0.05, 0) is 60.2 Å². The van der Waals surface area contributed by atoms with Gasteiger partial charge in [-0.15, -0.1) is 11.3 Å². The van der Waals surface area contributed by atoms with E-state index in [4.69, 9.17) is 16.3 Å². The van der Waals surface area contributed by atoms with Gasteiger partial charge in [-0.2, -0.15) is 0 Å². The van der Waals surface area contributed by atoms with Crippen LogP contribution >= 0.6 is 22.9 Å². The van der Waals surface area contributed by atoms with Gasteiger partial charge in [-0.1, -0.05) is 29.8 Å². The van der Waals surface area contributed by atoms with Crippen LogP contribution < -0.4 is 10.1 Å². The van der Waals surface area contributed by atoms with Gasteiger partial charge in [0.25, 0.3) is 5.91 Å². The minimum absolute atomic E-state index is 0.0959. The Morgan fingerprint density at radius 3 is 2.60 bits per heavy atom. The van der Waals surface area contributed by atoms with Crippen LogP contribution in [0, 0.1) is 5.82 Å². The van der Waals surface area contributed by atoms with Crippen molar-refractivity contribution in [3.8, 4) is 5.75 Å². The third-order valence-electron chi connectivity index (χ3n) is 5.08. The smallest absolute Gasteiger partial charge is 0.265 e. The van der Waals surface area contributed by atoms with Crippen molar-refractivity contribution in [3.63, 3.8) is 0 Å². The summed E-state index contributed by atoms with van der Waals surface area (Å²) in [6.45, 7) is 2.63. The summed E-state index contributed by atoms with van der Waals surface area (Å²) in [4.78, 5) is 15.2. The van der Waals surface area contributed by atoms with Gasteiger partial charge in [0, 0.05) is 25.3 Å². The zero-order chi connectivity index (χ0) is 20.9. The largest absolute Gasteiger partial charge is 0.489 e. The summed E-state index contributed by atoms with van der Waals surface area (Å²) in [6.07, 6.45) is 1.89. The lowest BCUT2D eigenvalue weighted by Gasteiger charge is -2.32. The highest BCUT2D eigenvalue weighted by molar-refractivity contribution is 7.12. The van der Waals surface area contributed by atoms with Crippen LogP contribution in [-0.4, -0.2) is 30.0 Å². The SMILES string of the molecule is O=C(Nc1ccc(OC2CCN(Cc3ccc(F)cc3)CC2)c(Cl)c1)c1cccs1. The van der Waals surface area contributed by atoms with Gasteiger partial charge in [0.15, 0.2) is 0 Å². The highest BCUT2D eigenvalue weighted by Gasteiger charge is 2.21. The number of nitrogens with one attached hydrogen (secondary N) is 1. The number of nitrogens with zero attached hydrogens (tertiary/aromatic N) is 1. The van der Waals surface area contributed by atoms with E-state index in [1.54, 1.807) is 24.3 Å². The molecule has 1 aliphatic heterocycles. The molecule has 2 heterocycles. The monoisotopic (exact) mass is 444 g/mol. The number of carbonyl (C=O) groups excluding carboxylic acids is 1. The van der Waals surface area contributed by atoms with Crippen molar-refractivity contribution in [2.24, 2.45) is 0 Å². The quantitative estimate of drug-likeness (QED) is 0.519. The molecule has 4 rings (SSSR count). The van der Waals surface area contributed by atoms with E-state index in [-0.39, 0.29) is 17.8 Å². The lowest BCUT2D eigenvalue weighted by Crippen LogP contribution is -2.37. The van der Waals surface area contributed by atoms with Crippen molar-refractivity contribution < 1.29 is 13.9 Å². The lowest BCUT2D eigenvalue weighted by molar-refractivity contribution is 0.0968. The number of amides is 1. The van der Waals surface area contributed by atoms with Crippen molar-refractivity contribution >= 4 is 34.5 Å². The van der Waals surface area contributed by atoms with E-state index in [0.717, 1.165) is 38.0 Å². The highest BCUT2D eigenvalue weighted by Crippen LogP contribution is 2.30. The first-order chi connectivity index (χ1) is 14.6. The highest BCUT2D eigenvalue weighted by atomic mass is 35.5. The number of anilines is 1. The molecule has 1 aliphatic rings. The van der Waals surface area contributed by atoms with Gasteiger partial charge in [0.05, 0.1) is 9.90 Å². The van der Waals surface area contributed by atoms with Crippen molar-refractivity contribution in [3.05, 3.63) is 81.3 Å². The second-order valence-electron chi connectivity index (χ2n) is 7.30. The molecule has 1 saturated heterocycles. The van der Waals surface area contributed by atoms with Crippen LogP contribution in [0.4, 0.5) is 10.1 Å². The Balaban J connectivity index is 1.28. The average molecular weight is 445 g/mol. The molecule has 1 fully saturated rings. The van der Waals surface area contributed by atoms with Crippen LogP contribution in [0.15, 0.2) is 60.0 Å². The summed E-state index contributed by atoms with van der Waals surface area (Å²) in [6, 6.07) is 15.6. The third-order valence-corrected chi connectivity index (χ3v) is 6.25. The molecule has 4 nitrogen and oxygen atoms in total. The Bertz CT molecular complexity index is 987. The van der Waals surface area contributed by atoms with Crippen LogP contribution in [-0.2, 0) is 6.54 Å². The molecule has 0 spiro atoms. The molecule has 0 bridgehead atoms. The summed E-state index contributed by atoms with van der Waals surface area (Å²) in [7, 11) is 0. The van der Waals surface area contributed by atoms with Gasteiger partial charge >= 0.3 is 0 Å². The van der Waals surface area contributed by atoms with Crippen molar-refractivity contribution in [2.45, 2.75) is 25.5 Å². The molecule has 0 unspecified atom stereocenters. The number of likely N-dealkylation sites (tertiary alicyclic amines) is 1. The van der Waals surface area contributed by atoms with Gasteiger partial charge in [0.2, 0.25) is 0 Å². The van der Waals surface area contributed by atoms with Crippen LogP contribution in [0.25, 0.3) is 0 Å². The number of rotatable bonds is 6. The van der Waals surface area contributed by atoms with Gasteiger partial charge in [-0.3, -0.25) is 9.69 Å². The van der Waals surface area contributed by atoms with E-state index in [9.17, 15) is 9.18 Å². The van der Waals surface area contributed by atoms with Crippen LogP contribution in [0.2, 0.25) is 5.02 Å². The molecule has 1 N–H and O–H groups in total. The standard InChI is InChI=1S/C23H22ClFN2O2S/c24-20-14-18(26-23(28)22-2-1-13-30-22)7-8-21(20)29-19-9-11-27(12-10-19)15-16-3-5-17(25)6-4-16/h1-8,13-14,19H,9-12,15H2,(H,26,28). The van der Waals surface area contributed by atoms with Gasteiger partial charge < -0.3 is 10.1 Å². The number of hydrogen-bond donors (Lipinski definition) is 1. The first-order valence-electron chi connectivity index (χ1n) is 9.85. The summed E-state index contributed by atoms with van der Waals surface area (Å²) < 4.78 is 19.2. The molecule has 0 aliphatic carbocycles. The lowest BCUT2D eigenvalue weighted by atomic mass is 10.1. The number of halogens is 2. The third kappa shape index (κ3) is 5.39. The number of benzene rings is 2. The molecule has 1 aromatic heterocycles. The number of thiophene rings is 1. The fourth-order valence-electron chi connectivity index (χ4n) is 3.49. The van der Waals surface area contributed by atoms with E-state index in [2.05, 4.69) is 10.2 Å². The molecule has 2 aromatic carbocycles. The van der Waals surface area contributed by atoms with Crippen molar-refractivity contribution in [1.82, 2.24) is 4.90 Å². The summed E-state index contributed by atoms with van der Waals surface area (Å²) >= 11 is 7.78. The molecule has 0 saturated carbocycles. The van der Waals surface area contributed by atoms with E-state index in [0.29, 0.717) is 21.3 Å². The minimum atomic E-state index is -0.208. The van der Waals surface area contributed by atoms with Crippen LogP contribution in [0.1, 0.15) is 28.1 Å². The molecule has 1 amide bonds. The Labute approximate surface area is 184 Å². The normalized spacial score (nSPS) is 15.1. The molecular weight excluding hydrogens is 423 g/mol. The number of hydrogen-bond acceptors (Lipinski definition) is 4. The predicted molar refractivity (Wildman–Crippen MR) is 119 cm³/mol. The fraction of sp³-hybridized carbons (Fsp3) is 0.261. The van der Waals surface area contributed by atoms with E-state index >= 15 is 0 Å². The number of piperidine rings is 1. The van der Waals surface area contributed by atoms with E-state index in [1.807, 2.05) is 23.6 Å². The predicted octanol–water partition coefficient (Wildman–Crippen LogP) is 5.84. The summed E-state index contributed by atoms with van der Waals surface area (Å²) in [5.41, 5.74) is 1.75. The molecule has 0 atom stereocenters. The van der Waals surface area contributed by atoms with Gasteiger partial charge in [0.1, 0.15) is 17.7 Å². The second-order valence-corrected chi connectivity index (χ2v) is 8.65. The second kappa shape index (κ2) is 9.60. The Hall–Kier alpha value is -2.41. The maximum absolute atomic E-state index is 13.0.